The van der Waals surface area contributed by atoms with E-state index in [1.165, 1.54) is 24.0 Å². The van der Waals surface area contributed by atoms with E-state index in [0.29, 0.717) is 12.3 Å². The SMILES string of the molecule is Cc1nc(CCNc2ncnc3onc(C)c23)nc2c1CCC2. The number of nitrogens with one attached hydrogen (secondary N) is 1. The second kappa shape index (κ2) is 5.57. The summed E-state index contributed by atoms with van der Waals surface area (Å²) in [6.07, 6.45) is 5.62. The Kier molecular flexibility index (Phi) is 3.40. The van der Waals surface area contributed by atoms with Crippen LogP contribution in [0.2, 0.25) is 0 Å². The smallest absolute Gasteiger partial charge is 0.263 e. The lowest BCUT2D eigenvalue weighted by Crippen LogP contribution is -2.11. The highest BCUT2D eigenvalue weighted by Gasteiger charge is 2.17. The molecule has 0 amide bonds. The van der Waals surface area contributed by atoms with E-state index in [1.807, 2.05) is 6.92 Å². The molecule has 7 heteroatoms. The number of aromatic nitrogens is 5. The van der Waals surface area contributed by atoms with Gasteiger partial charge in [0.1, 0.15) is 23.4 Å². The van der Waals surface area contributed by atoms with Crippen LogP contribution >= 0.6 is 0 Å². The molecule has 1 N–H and O–H groups in total. The highest BCUT2D eigenvalue weighted by Crippen LogP contribution is 2.23. The molecule has 0 aromatic carbocycles. The molecule has 118 valence electrons. The van der Waals surface area contributed by atoms with Crippen molar-refractivity contribution in [2.75, 3.05) is 11.9 Å². The summed E-state index contributed by atoms with van der Waals surface area (Å²) in [6.45, 7) is 4.67. The van der Waals surface area contributed by atoms with Crippen LogP contribution in [0.5, 0.6) is 0 Å². The van der Waals surface area contributed by atoms with E-state index in [4.69, 9.17) is 9.51 Å². The van der Waals surface area contributed by atoms with Gasteiger partial charge in [-0.1, -0.05) is 5.16 Å². The molecule has 0 saturated heterocycles. The van der Waals surface area contributed by atoms with Crippen molar-refractivity contribution in [2.24, 2.45) is 0 Å². The minimum atomic E-state index is 0.504. The molecule has 0 fully saturated rings. The molecule has 0 atom stereocenters. The predicted octanol–water partition coefficient (Wildman–Crippen LogP) is 2.17. The zero-order valence-corrected chi connectivity index (χ0v) is 13.3. The minimum Gasteiger partial charge on any atom is -0.369 e. The molecular weight excluding hydrogens is 292 g/mol. The molecular formula is C16H18N6O. The molecule has 7 nitrogen and oxygen atoms in total. The third-order valence-corrected chi connectivity index (χ3v) is 4.27. The van der Waals surface area contributed by atoms with E-state index in [2.05, 4.69) is 32.3 Å². The van der Waals surface area contributed by atoms with Crippen LogP contribution in [-0.2, 0) is 19.3 Å². The third kappa shape index (κ3) is 2.52. The fourth-order valence-corrected chi connectivity index (χ4v) is 3.14. The van der Waals surface area contributed by atoms with Gasteiger partial charge in [-0.25, -0.2) is 15.0 Å². The molecule has 0 spiro atoms. The predicted molar refractivity (Wildman–Crippen MR) is 85.3 cm³/mol. The van der Waals surface area contributed by atoms with Gasteiger partial charge >= 0.3 is 0 Å². The number of nitrogens with zero attached hydrogens (tertiary/aromatic N) is 5. The fourth-order valence-electron chi connectivity index (χ4n) is 3.14. The first-order valence-electron chi connectivity index (χ1n) is 7.88. The Morgan fingerprint density at radius 2 is 2.04 bits per heavy atom. The van der Waals surface area contributed by atoms with Crippen LogP contribution in [0, 0.1) is 13.8 Å². The molecule has 3 aromatic heterocycles. The zero-order chi connectivity index (χ0) is 15.8. The Labute approximate surface area is 133 Å². The lowest BCUT2D eigenvalue weighted by atomic mass is 10.2. The Morgan fingerprint density at radius 3 is 2.96 bits per heavy atom. The number of hydrogen-bond donors (Lipinski definition) is 1. The molecule has 23 heavy (non-hydrogen) atoms. The van der Waals surface area contributed by atoms with Crippen molar-refractivity contribution < 1.29 is 4.52 Å². The van der Waals surface area contributed by atoms with Gasteiger partial charge < -0.3 is 9.84 Å². The van der Waals surface area contributed by atoms with E-state index in [1.54, 1.807) is 0 Å². The largest absolute Gasteiger partial charge is 0.369 e. The van der Waals surface area contributed by atoms with Gasteiger partial charge in [0.05, 0.1) is 5.69 Å². The Bertz CT molecular complexity index is 872. The lowest BCUT2D eigenvalue weighted by Gasteiger charge is -2.08. The Morgan fingerprint density at radius 1 is 1.13 bits per heavy atom. The topological polar surface area (TPSA) is 89.6 Å². The van der Waals surface area contributed by atoms with Gasteiger partial charge in [0.2, 0.25) is 0 Å². The van der Waals surface area contributed by atoms with Gasteiger partial charge in [0.15, 0.2) is 0 Å². The van der Waals surface area contributed by atoms with Crippen LogP contribution in [0.15, 0.2) is 10.9 Å². The van der Waals surface area contributed by atoms with E-state index >= 15 is 0 Å². The van der Waals surface area contributed by atoms with Gasteiger partial charge in [-0.15, -0.1) is 0 Å². The average molecular weight is 310 g/mol. The van der Waals surface area contributed by atoms with Crippen molar-refractivity contribution in [3.8, 4) is 0 Å². The normalized spacial score (nSPS) is 13.5. The molecule has 0 radical (unpaired) electrons. The van der Waals surface area contributed by atoms with Crippen LogP contribution in [0.1, 0.15) is 34.9 Å². The van der Waals surface area contributed by atoms with Gasteiger partial charge in [-0.05, 0) is 38.7 Å². The van der Waals surface area contributed by atoms with Crippen molar-refractivity contribution in [3.63, 3.8) is 0 Å². The van der Waals surface area contributed by atoms with E-state index < -0.39 is 0 Å². The fraction of sp³-hybridized carbons (Fsp3) is 0.438. The lowest BCUT2D eigenvalue weighted by molar-refractivity contribution is 0.442. The summed E-state index contributed by atoms with van der Waals surface area (Å²) in [5, 5.41) is 8.08. The molecule has 3 aromatic rings. The summed E-state index contributed by atoms with van der Waals surface area (Å²) in [6, 6.07) is 0. The van der Waals surface area contributed by atoms with Crippen molar-refractivity contribution in [1.82, 2.24) is 25.1 Å². The van der Waals surface area contributed by atoms with E-state index in [9.17, 15) is 0 Å². The summed E-state index contributed by atoms with van der Waals surface area (Å²) < 4.78 is 5.15. The maximum absolute atomic E-state index is 5.15. The van der Waals surface area contributed by atoms with E-state index in [0.717, 1.165) is 47.7 Å². The van der Waals surface area contributed by atoms with Crippen molar-refractivity contribution in [2.45, 2.75) is 39.5 Å². The van der Waals surface area contributed by atoms with Crippen molar-refractivity contribution in [3.05, 3.63) is 34.8 Å². The highest BCUT2D eigenvalue weighted by molar-refractivity contribution is 5.87. The molecule has 3 heterocycles. The second-order valence-corrected chi connectivity index (χ2v) is 5.85. The molecule has 1 aliphatic carbocycles. The molecule has 0 bridgehead atoms. The summed E-state index contributed by atoms with van der Waals surface area (Å²) in [7, 11) is 0. The summed E-state index contributed by atoms with van der Waals surface area (Å²) in [5.74, 6) is 1.63. The first-order valence-corrected chi connectivity index (χ1v) is 7.88. The van der Waals surface area contributed by atoms with Crippen LogP contribution < -0.4 is 5.32 Å². The van der Waals surface area contributed by atoms with Crippen LogP contribution in [0.3, 0.4) is 0 Å². The number of fused-ring (bicyclic) bond motifs is 2. The minimum absolute atomic E-state index is 0.504. The number of hydrogen-bond acceptors (Lipinski definition) is 7. The molecule has 0 saturated carbocycles. The van der Waals surface area contributed by atoms with Crippen LogP contribution in [0.4, 0.5) is 5.82 Å². The standard InChI is InChI=1S/C16H18N6O/c1-9-11-4-3-5-12(11)21-13(20-9)6-7-17-15-14-10(2)22-23-16(14)19-8-18-15/h8H,3-7H2,1-2H3,(H,17,18,19). The second-order valence-electron chi connectivity index (χ2n) is 5.85. The average Bonchev–Trinajstić information content (AvgIpc) is 3.15. The maximum Gasteiger partial charge on any atom is 0.263 e. The monoisotopic (exact) mass is 310 g/mol. The molecule has 1 aliphatic rings. The quantitative estimate of drug-likeness (QED) is 0.789. The first kappa shape index (κ1) is 14.0. The molecule has 0 unspecified atom stereocenters. The first-order chi connectivity index (χ1) is 11.2. The van der Waals surface area contributed by atoms with E-state index in [-0.39, 0.29) is 0 Å². The summed E-state index contributed by atoms with van der Waals surface area (Å²) in [4.78, 5) is 17.7. The van der Waals surface area contributed by atoms with Gasteiger partial charge in [0, 0.05) is 24.4 Å². The molecule has 4 rings (SSSR count). The Hall–Kier alpha value is -2.57. The third-order valence-electron chi connectivity index (χ3n) is 4.27. The summed E-state index contributed by atoms with van der Waals surface area (Å²) >= 11 is 0. The number of rotatable bonds is 4. The maximum atomic E-state index is 5.15. The van der Waals surface area contributed by atoms with Crippen molar-refractivity contribution in [1.29, 1.82) is 0 Å². The van der Waals surface area contributed by atoms with Crippen LogP contribution in [0.25, 0.3) is 11.1 Å². The van der Waals surface area contributed by atoms with Gasteiger partial charge in [-0.2, -0.15) is 4.98 Å². The van der Waals surface area contributed by atoms with Crippen molar-refractivity contribution >= 4 is 16.9 Å². The number of anilines is 1. The zero-order valence-electron chi connectivity index (χ0n) is 13.3. The summed E-state index contributed by atoms with van der Waals surface area (Å²) in [5.41, 5.74) is 4.99. The Balaban J connectivity index is 1.50. The van der Waals surface area contributed by atoms with Crippen LogP contribution in [-0.4, -0.2) is 31.6 Å². The van der Waals surface area contributed by atoms with Gasteiger partial charge in [0.25, 0.3) is 5.71 Å². The molecule has 0 aliphatic heterocycles. The number of aryl methyl sites for hydroxylation is 3. The van der Waals surface area contributed by atoms with Gasteiger partial charge in [-0.3, -0.25) is 0 Å². The highest BCUT2D eigenvalue weighted by atomic mass is 16.5.